The third-order valence-corrected chi connectivity index (χ3v) is 5.51. The van der Waals surface area contributed by atoms with Crippen molar-refractivity contribution in [2.24, 2.45) is 0 Å². The largest absolute Gasteiger partial charge is 0.325 e. The first-order valence-electron chi connectivity index (χ1n) is 9.36. The van der Waals surface area contributed by atoms with Gasteiger partial charge in [0.15, 0.2) is 0 Å². The standard InChI is InChI=1S/C23H19N3O3S/c1-16-9-11-17(12-10-16)24-21(27)15-26-22(28)20(30-23(26)29)14-19-8-5-13-25(19)18-6-3-2-4-7-18/h2-14H,15H2,1H3,(H,24,27)/b20-14-. The molecule has 1 aromatic heterocycles. The molecular weight excluding hydrogens is 398 g/mol. The molecule has 2 aromatic carbocycles. The Morgan fingerprint density at radius 1 is 1.00 bits per heavy atom. The lowest BCUT2D eigenvalue weighted by molar-refractivity contribution is -0.127. The summed E-state index contributed by atoms with van der Waals surface area (Å²) < 4.78 is 1.93. The first-order valence-corrected chi connectivity index (χ1v) is 10.2. The molecule has 4 rings (SSSR count). The molecule has 0 radical (unpaired) electrons. The summed E-state index contributed by atoms with van der Waals surface area (Å²) in [5.74, 6) is -0.889. The maximum absolute atomic E-state index is 12.7. The van der Waals surface area contributed by atoms with E-state index in [9.17, 15) is 14.4 Å². The number of imide groups is 1. The second-order valence-electron chi connectivity index (χ2n) is 6.82. The van der Waals surface area contributed by atoms with Crippen LogP contribution in [0.1, 0.15) is 11.3 Å². The smallest absolute Gasteiger partial charge is 0.294 e. The van der Waals surface area contributed by atoms with Gasteiger partial charge in [0.2, 0.25) is 5.91 Å². The van der Waals surface area contributed by atoms with Gasteiger partial charge in [-0.1, -0.05) is 35.9 Å². The topological polar surface area (TPSA) is 71.4 Å². The van der Waals surface area contributed by atoms with E-state index in [1.54, 1.807) is 18.2 Å². The fourth-order valence-electron chi connectivity index (χ4n) is 3.09. The molecule has 1 N–H and O–H groups in total. The Hall–Kier alpha value is -3.58. The Morgan fingerprint density at radius 3 is 2.47 bits per heavy atom. The molecule has 0 aliphatic carbocycles. The predicted molar refractivity (Wildman–Crippen MR) is 118 cm³/mol. The highest BCUT2D eigenvalue weighted by Gasteiger charge is 2.36. The van der Waals surface area contributed by atoms with E-state index in [1.807, 2.05) is 72.3 Å². The van der Waals surface area contributed by atoms with E-state index in [4.69, 9.17) is 0 Å². The zero-order valence-electron chi connectivity index (χ0n) is 16.2. The number of anilines is 1. The molecule has 30 heavy (non-hydrogen) atoms. The molecule has 6 nitrogen and oxygen atoms in total. The van der Waals surface area contributed by atoms with Crippen LogP contribution >= 0.6 is 11.8 Å². The highest BCUT2D eigenvalue weighted by atomic mass is 32.2. The zero-order chi connectivity index (χ0) is 21.1. The monoisotopic (exact) mass is 417 g/mol. The summed E-state index contributed by atoms with van der Waals surface area (Å²) in [5, 5.41) is 2.25. The van der Waals surface area contributed by atoms with Crippen molar-refractivity contribution in [3.05, 3.63) is 89.1 Å². The van der Waals surface area contributed by atoms with Gasteiger partial charge in [-0.05, 0) is 61.2 Å². The number of hydrogen-bond acceptors (Lipinski definition) is 4. The minimum Gasteiger partial charge on any atom is -0.325 e. The van der Waals surface area contributed by atoms with Gasteiger partial charge in [0, 0.05) is 23.3 Å². The first kappa shape index (κ1) is 19.7. The van der Waals surface area contributed by atoms with Gasteiger partial charge in [0.1, 0.15) is 6.54 Å². The predicted octanol–water partition coefficient (Wildman–Crippen LogP) is 4.46. The van der Waals surface area contributed by atoms with E-state index in [0.29, 0.717) is 10.6 Å². The van der Waals surface area contributed by atoms with Crippen LogP contribution in [0.25, 0.3) is 11.8 Å². The number of nitrogens with zero attached hydrogens (tertiary/aromatic N) is 2. The van der Waals surface area contributed by atoms with Crippen LogP contribution in [0.4, 0.5) is 10.5 Å². The summed E-state index contributed by atoms with van der Waals surface area (Å²) in [6, 6.07) is 20.7. The molecule has 3 aromatic rings. The summed E-state index contributed by atoms with van der Waals surface area (Å²) in [6.45, 7) is 1.63. The number of carbonyl (C=O) groups excluding carboxylic acids is 3. The molecule has 2 heterocycles. The van der Waals surface area contributed by atoms with Gasteiger partial charge in [0.05, 0.1) is 4.91 Å². The Morgan fingerprint density at radius 2 is 1.73 bits per heavy atom. The molecule has 0 saturated carbocycles. The molecular formula is C23H19N3O3S. The van der Waals surface area contributed by atoms with Gasteiger partial charge in [-0.15, -0.1) is 0 Å². The molecule has 1 aliphatic heterocycles. The average molecular weight is 417 g/mol. The number of rotatable bonds is 5. The van der Waals surface area contributed by atoms with Crippen molar-refractivity contribution in [3.63, 3.8) is 0 Å². The second-order valence-corrected chi connectivity index (χ2v) is 7.81. The minimum atomic E-state index is -0.468. The normalized spacial score (nSPS) is 15.1. The molecule has 3 amide bonds. The number of amides is 3. The number of nitrogens with one attached hydrogen (secondary N) is 1. The van der Waals surface area contributed by atoms with Crippen LogP contribution in [0.3, 0.4) is 0 Å². The number of para-hydroxylation sites is 1. The van der Waals surface area contributed by atoms with Gasteiger partial charge >= 0.3 is 0 Å². The summed E-state index contributed by atoms with van der Waals surface area (Å²) >= 11 is 0.839. The lowest BCUT2D eigenvalue weighted by atomic mass is 10.2. The molecule has 0 bridgehead atoms. The SMILES string of the molecule is Cc1ccc(NC(=O)CN2C(=O)S/C(=C\c3cccn3-c3ccccc3)C2=O)cc1. The number of aryl methyl sites for hydroxylation is 1. The van der Waals surface area contributed by atoms with Gasteiger partial charge in [-0.3, -0.25) is 19.3 Å². The fraction of sp³-hybridized carbons (Fsp3) is 0.0870. The van der Waals surface area contributed by atoms with Crippen molar-refractivity contribution in [2.75, 3.05) is 11.9 Å². The van der Waals surface area contributed by atoms with Gasteiger partial charge in [-0.25, -0.2) is 0 Å². The molecule has 7 heteroatoms. The van der Waals surface area contributed by atoms with E-state index < -0.39 is 17.1 Å². The van der Waals surface area contributed by atoms with E-state index in [-0.39, 0.29) is 6.54 Å². The maximum Gasteiger partial charge on any atom is 0.294 e. The van der Waals surface area contributed by atoms with E-state index >= 15 is 0 Å². The van der Waals surface area contributed by atoms with Crippen molar-refractivity contribution < 1.29 is 14.4 Å². The molecule has 0 atom stereocenters. The lowest BCUT2D eigenvalue weighted by Gasteiger charge is -2.12. The van der Waals surface area contributed by atoms with Gasteiger partial charge in [-0.2, -0.15) is 0 Å². The van der Waals surface area contributed by atoms with Crippen LogP contribution < -0.4 is 5.32 Å². The maximum atomic E-state index is 12.7. The number of thioether (sulfide) groups is 1. The number of carbonyl (C=O) groups is 3. The van der Waals surface area contributed by atoms with Crippen LogP contribution in [0, 0.1) is 6.92 Å². The highest BCUT2D eigenvalue weighted by Crippen LogP contribution is 2.32. The van der Waals surface area contributed by atoms with Crippen LogP contribution in [0.2, 0.25) is 0 Å². The van der Waals surface area contributed by atoms with Crippen molar-refractivity contribution in [1.82, 2.24) is 9.47 Å². The zero-order valence-corrected chi connectivity index (χ0v) is 17.1. The Labute approximate surface area is 178 Å². The molecule has 1 saturated heterocycles. The van der Waals surface area contributed by atoms with Crippen LogP contribution in [0.5, 0.6) is 0 Å². The number of aromatic nitrogens is 1. The molecule has 1 fully saturated rings. The molecule has 1 aliphatic rings. The number of hydrogen-bond donors (Lipinski definition) is 1. The van der Waals surface area contributed by atoms with Crippen LogP contribution in [-0.4, -0.2) is 33.1 Å². The van der Waals surface area contributed by atoms with Crippen LogP contribution in [-0.2, 0) is 9.59 Å². The van der Waals surface area contributed by atoms with Crippen molar-refractivity contribution in [3.8, 4) is 5.69 Å². The average Bonchev–Trinajstić information content (AvgIpc) is 3.31. The summed E-state index contributed by atoms with van der Waals surface area (Å²) in [4.78, 5) is 38.7. The van der Waals surface area contributed by atoms with E-state index in [1.165, 1.54) is 0 Å². The van der Waals surface area contributed by atoms with Crippen molar-refractivity contribution >= 4 is 40.6 Å². The lowest BCUT2D eigenvalue weighted by Crippen LogP contribution is -2.36. The quantitative estimate of drug-likeness (QED) is 0.622. The Balaban J connectivity index is 1.49. The van der Waals surface area contributed by atoms with Crippen molar-refractivity contribution in [1.29, 1.82) is 0 Å². The third-order valence-electron chi connectivity index (χ3n) is 4.60. The van der Waals surface area contributed by atoms with E-state index in [0.717, 1.165) is 33.6 Å². The summed E-state index contributed by atoms with van der Waals surface area (Å²) in [6.07, 6.45) is 3.57. The van der Waals surface area contributed by atoms with Crippen LogP contribution in [0.15, 0.2) is 77.8 Å². The summed E-state index contributed by atoms with van der Waals surface area (Å²) in [5.41, 5.74) is 3.42. The van der Waals surface area contributed by atoms with E-state index in [2.05, 4.69) is 5.32 Å². The van der Waals surface area contributed by atoms with Crippen molar-refractivity contribution in [2.45, 2.75) is 6.92 Å². The summed E-state index contributed by atoms with van der Waals surface area (Å²) in [7, 11) is 0. The third kappa shape index (κ3) is 4.21. The number of benzene rings is 2. The Kier molecular flexibility index (Phi) is 5.54. The minimum absolute atomic E-state index is 0.291. The molecule has 0 unspecified atom stereocenters. The molecule has 0 spiro atoms. The fourth-order valence-corrected chi connectivity index (χ4v) is 3.91. The molecule has 150 valence electrons. The Bertz CT molecular complexity index is 1130. The second kappa shape index (κ2) is 8.42. The van der Waals surface area contributed by atoms with Gasteiger partial charge in [0.25, 0.3) is 11.1 Å². The first-order chi connectivity index (χ1) is 14.5. The highest BCUT2D eigenvalue weighted by molar-refractivity contribution is 8.18. The van der Waals surface area contributed by atoms with Gasteiger partial charge < -0.3 is 9.88 Å².